The van der Waals surface area contributed by atoms with Crippen LogP contribution in [-0.2, 0) is 14.2 Å². The Kier molecular flexibility index (Phi) is 4.44. The van der Waals surface area contributed by atoms with Crippen LogP contribution in [0.4, 0.5) is 0 Å². The molecule has 0 saturated carbocycles. The summed E-state index contributed by atoms with van der Waals surface area (Å²) < 4.78 is 21.9. The second-order valence-corrected chi connectivity index (χ2v) is 6.22. The zero-order chi connectivity index (χ0) is 16.4. The van der Waals surface area contributed by atoms with E-state index in [0.717, 1.165) is 32.8 Å². The first-order valence-corrected chi connectivity index (χ1v) is 8.57. The first-order valence-electron chi connectivity index (χ1n) is 7.69. The molecule has 0 unspecified atom stereocenters. The number of hydrogen-bond donors (Lipinski definition) is 0. The molecule has 6 heteroatoms. The number of nitrogens with zero attached hydrogens (tertiary/aromatic N) is 1. The Morgan fingerprint density at radius 2 is 2.00 bits per heavy atom. The summed E-state index contributed by atoms with van der Waals surface area (Å²) in [5, 5.41) is 5.10. The van der Waals surface area contributed by atoms with Gasteiger partial charge in [-0.05, 0) is 16.8 Å². The van der Waals surface area contributed by atoms with Crippen molar-refractivity contribution in [3.8, 4) is 16.3 Å². The Morgan fingerprint density at radius 1 is 1.17 bits per heavy atom. The molecule has 3 aromatic rings. The van der Waals surface area contributed by atoms with Crippen molar-refractivity contribution >= 4 is 22.1 Å². The van der Waals surface area contributed by atoms with Crippen LogP contribution in [0.25, 0.3) is 21.3 Å². The lowest BCUT2D eigenvalue weighted by Crippen LogP contribution is -2.01. The van der Waals surface area contributed by atoms with Crippen molar-refractivity contribution in [2.45, 2.75) is 6.29 Å². The van der Waals surface area contributed by atoms with E-state index in [2.05, 4.69) is 12.1 Å². The maximum Gasteiger partial charge on any atom is 0.202 e. The summed E-state index contributed by atoms with van der Waals surface area (Å²) in [7, 11) is 1.61. The Labute approximate surface area is 143 Å². The largest absolute Gasteiger partial charge is 0.467 e. The van der Waals surface area contributed by atoms with Gasteiger partial charge in [-0.3, -0.25) is 0 Å². The quantitative estimate of drug-likeness (QED) is 0.656. The SMILES string of the molecule is COCOc1ccc2ccccc2c1-c1nc(C2OCCO2)cs1. The summed E-state index contributed by atoms with van der Waals surface area (Å²) in [5.41, 5.74) is 1.78. The van der Waals surface area contributed by atoms with Crippen molar-refractivity contribution in [2.24, 2.45) is 0 Å². The molecular weight excluding hydrogens is 326 g/mol. The van der Waals surface area contributed by atoms with Crippen molar-refractivity contribution in [2.75, 3.05) is 27.1 Å². The number of rotatable bonds is 5. The Balaban J connectivity index is 1.81. The predicted octanol–water partition coefficient (Wildman–Crippen LogP) is 3.99. The molecule has 24 heavy (non-hydrogen) atoms. The molecule has 0 atom stereocenters. The molecule has 0 N–H and O–H groups in total. The topological polar surface area (TPSA) is 49.8 Å². The lowest BCUT2D eigenvalue weighted by Gasteiger charge is -2.12. The van der Waals surface area contributed by atoms with Gasteiger partial charge in [0.05, 0.1) is 18.8 Å². The van der Waals surface area contributed by atoms with E-state index in [4.69, 9.17) is 23.9 Å². The minimum atomic E-state index is -0.367. The molecule has 5 nitrogen and oxygen atoms in total. The normalized spacial score (nSPS) is 15.2. The maximum atomic E-state index is 5.77. The second kappa shape index (κ2) is 6.86. The molecule has 0 bridgehead atoms. The highest BCUT2D eigenvalue weighted by molar-refractivity contribution is 7.13. The van der Waals surface area contributed by atoms with Gasteiger partial charge in [-0.15, -0.1) is 11.3 Å². The van der Waals surface area contributed by atoms with Gasteiger partial charge in [-0.2, -0.15) is 0 Å². The molecule has 124 valence electrons. The molecule has 0 radical (unpaired) electrons. The number of ether oxygens (including phenoxy) is 4. The van der Waals surface area contributed by atoms with Crippen LogP contribution in [0.2, 0.25) is 0 Å². The molecule has 2 aromatic carbocycles. The van der Waals surface area contributed by atoms with E-state index in [0.29, 0.717) is 13.2 Å². The van der Waals surface area contributed by atoms with Crippen LogP contribution in [-0.4, -0.2) is 32.1 Å². The lowest BCUT2D eigenvalue weighted by atomic mass is 10.0. The van der Waals surface area contributed by atoms with Crippen molar-refractivity contribution in [3.63, 3.8) is 0 Å². The molecule has 1 aromatic heterocycles. The van der Waals surface area contributed by atoms with Gasteiger partial charge in [0.2, 0.25) is 6.29 Å². The molecular formula is C18H17NO4S. The number of benzene rings is 2. The fraction of sp³-hybridized carbons (Fsp3) is 0.278. The molecule has 0 spiro atoms. The van der Waals surface area contributed by atoms with Crippen LogP contribution >= 0.6 is 11.3 Å². The molecule has 1 fully saturated rings. The van der Waals surface area contributed by atoms with Gasteiger partial charge in [-0.1, -0.05) is 30.3 Å². The maximum absolute atomic E-state index is 5.77. The lowest BCUT2D eigenvalue weighted by molar-refractivity contribution is -0.0468. The summed E-state index contributed by atoms with van der Waals surface area (Å²) >= 11 is 1.56. The van der Waals surface area contributed by atoms with Crippen molar-refractivity contribution < 1.29 is 18.9 Å². The van der Waals surface area contributed by atoms with Gasteiger partial charge in [0.1, 0.15) is 16.5 Å². The first kappa shape index (κ1) is 15.5. The second-order valence-electron chi connectivity index (χ2n) is 5.36. The van der Waals surface area contributed by atoms with Gasteiger partial charge in [0.15, 0.2) is 6.79 Å². The molecule has 0 aliphatic carbocycles. The van der Waals surface area contributed by atoms with Crippen molar-refractivity contribution in [1.82, 2.24) is 4.98 Å². The third-order valence-corrected chi connectivity index (χ3v) is 4.70. The van der Waals surface area contributed by atoms with Crippen LogP contribution in [0.1, 0.15) is 12.0 Å². The van der Waals surface area contributed by atoms with E-state index in [9.17, 15) is 0 Å². The van der Waals surface area contributed by atoms with Crippen LogP contribution in [0.3, 0.4) is 0 Å². The summed E-state index contributed by atoms with van der Waals surface area (Å²) in [5.74, 6) is 0.754. The fourth-order valence-electron chi connectivity index (χ4n) is 2.75. The highest BCUT2D eigenvalue weighted by Gasteiger charge is 2.23. The number of hydrogen-bond acceptors (Lipinski definition) is 6. The number of thiazole rings is 1. The zero-order valence-electron chi connectivity index (χ0n) is 13.2. The minimum Gasteiger partial charge on any atom is -0.467 e. The summed E-state index contributed by atoms with van der Waals surface area (Å²) in [6.45, 7) is 1.40. The third-order valence-electron chi connectivity index (χ3n) is 3.82. The van der Waals surface area contributed by atoms with Gasteiger partial charge < -0.3 is 18.9 Å². The summed E-state index contributed by atoms with van der Waals surface area (Å²) in [6.07, 6.45) is -0.367. The zero-order valence-corrected chi connectivity index (χ0v) is 14.0. The van der Waals surface area contributed by atoms with Gasteiger partial charge in [0.25, 0.3) is 0 Å². The van der Waals surface area contributed by atoms with E-state index >= 15 is 0 Å². The Hall–Kier alpha value is -1.99. The average Bonchev–Trinajstić information content (AvgIpc) is 3.30. The molecule has 1 saturated heterocycles. The Morgan fingerprint density at radius 3 is 2.83 bits per heavy atom. The third kappa shape index (κ3) is 2.89. The predicted molar refractivity (Wildman–Crippen MR) is 92.2 cm³/mol. The van der Waals surface area contributed by atoms with E-state index in [1.165, 1.54) is 0 Å². The van der Waals surface area contributed by atoms with E-state index in [1.807, 2.05) is 29.6 Å². The smallest absolute Gasteiger partial charge is 0.202 e. The van der Waals surface area contributed by atoms with Gasteiger partial charge in [0, 0.05) is 12.5 Å². The molecule has 1 aliphatic heterocycles. The van der Waals surface area contributed by atoms with Crippen LogP contribution in [0.5, 0.6) is 5.75 Å². The van der Waals surface area contributed by atoms with Crippen LogP contribution in [0, 0.1) is 0 Å². The van der Waals surface area contributed by atoms with E-state index in [1.54, 1.807) is 18.4 Å². The standard InChI is InChI=1S/C18H17NO4S/c1-20-11-23-15-7-6-12-4-2-3-5-13(12)16(15)17-19-14(10-24-17)18-21-8-9-22-18/h2-7,10,18H,8-9,11H2,1H3. The molecule has 0 amide bonds. The summed E-state index contributed by atoms with van der Waals surface area (Å²) in [6, 6.07) is 12.2. The molecule has 2 heterocycles. The summed E-state index contributed by atoms with van der Waals surface area (Å²) in [4.78, 5) is 4.73. The van der Waals surface area contributed by atoms with Crippen molar-refractivity contribution in [3.05, 3.63) is 47.5 Å². The fourth-order valence-corrected chi connectivity index (χ4v) is 3.64. The average molecular weight is 343 g/mol. The van der Waals surface area contributed by atoms with Crippen LogP contribution in [0.15, 0.2) is 41.8 Å². The Bertz CT molecular complexity index is 842. The van der Waals surface area contributed by atoms with E-state index < -0.39 is 0 Å². The number of aromatic nitrogens is 1. The van der Waals surface area contributed by atoms with Crippen molar-refractivity contribution in [1.29, 1.82) is 0 Å². The molecule has 1 aliphatic rings. The monoisotopic (exact) mass is 343 g/mol. The highest BCUT2D eigenvalue weighted by atomic mass is 32.1. The minimum absolute atomic E-state index is 0.193. The van der Waals surface area contributed by atoms with Gasteiger partial charge in [-0.25, -0.2) is 4.98 Å². The van der Waals surface area contributed by atoms with E-state index in [-0.39, 0.29) is 13.1 Å². The van der Waals surface area contributed by atoms with Crippen LogP contribution < -0.4 is 4.74 Å². The highest BCUT2D eigenvalue weighted by Crippen LogP contribution is 2.40. The molecule has 4 rings (SSSR count). The number of methoxy groups -OCH3 is 1. The number of fused-ring (bicyclic) bond motifs is 1. The first-order chi connectivity index (χ1) is 11.9. The van der Waals surface area contributed by atoms with Gasteiger partial charge >= 0.3 is 0 Å².